The predicted octanol–water partition coefficient (Wildman–Crippen LogP) is 3.46. The average molecular weight is 460 g/mol. The largest absolute Gasteiger partial charge is 0.490 e. The molecule has 29 heavy (non-hydrogen) atoms. The first-order valence-corrected chi connectivity index (χ1v) is 9.32. The van der Waals surface area contributed by atoms with Gasteiger partial charge in [0.2, 0.25) is 5.91 Å². The van der Waals surface area contributed by atoms with E-state index in [1.54, 1.807) is 24.3 Å². The standard InChI is InChI=1S/C20H18BrN3O5/c1-3-9-29-20-16(21)10-14(11-18(20)28-4-2)13-22-23-19(25)12-15-7-5-6-8-17(15)24(26)27/h1,5-8,10-11,13H,4,9,12H2,2H3,(H,23,25)/b22-13+. The van der Waals surface area contributed by atoms with Crippen molar-refractivity contribution in [1.82, 2.24) is 5.43 Å². The zero-order valence-corrected chi connectivity index (χ0v) is 17.1. The van der Waals surface area contributed by atoms with Gasteiger partial charge in [-0.3, -0.25) is 14.9 Å². The number of benzene rings is 2. The van der Waals surface area contributed by atoms with Gasteiger partial charge in [-0.05, 0) is 40.5 Å². The molecule has 9 heteroatoms. The summed E-state index contributed by atoms with van der Waals surface area (Å²) in [6, 6.07) is 9.48. The van der Waals surface area contributed by atoms with Gasteiger partial charge < -0.3 is 9.47 Å². The number of carbonyl (C=O) groups excluding carboxylic acids is 1. The molecule has 2 rings (SSSR count). The zero-order chi connectivity index (χ0) is 21.2. The lowest BCUT2D eigenvalue weighted by atomic mass is 10.1. The van der Waals surface area contributed by atoms with Crippen molar-refractivity contribution in [2.45, 2.75) is 13.3 Å². The summed E-state index contributed by atoms with van der Waals surface area (Å²) in [5.74, 6) is 2.86. The quantitative estimate of drug-likeness (QED) is 0.267. The number of carbonyl (C=O) groups is 1. The van der Waals surface area contributed by atoms with Crippen molar-refractivity contribution in [2.75, 3.05) is 13.2 Å². The Labute approximate surface area is 176 Å². The van der Waals surface area contributed by atoms with Crippen LogP contribution in [0.2, 0.25) is 0 Å². The van der Waals surface area contributed by atoms with Crippen LogP contribution in [0.1, 0.15) is 18.1 Å². The molecule has 0 aliphatic heterocycles. The van der Waals surface area contributed by atoms with Crippen LogP contribution in [0.25, 0.3) is 0 Å². The number of nitro benzene ring substituents is 1. The molecule has 2 aromatic rings. The van der Waals surface area contributed by atoms with Gasteiger partial charge in [0.1, 0.15) is 6.61 Å². The highest BCUT2D eigenvalue weighted by Gasteiger charge is 2.15. The molecule has 0 saturated heterocycles. The first kappa shape index (κ1) is 21.9. The number of nitro groups is 1. The number of ether oxygens (including phenoxy) is 2. The van der Waals surface area contributed by atoms with Gasteiger partial charge in [0, 0.05) is 11.6 Å². The van der Waals surface area contributed by atoms with Crippen LogP contribution >= 0.6 is 15.9 Å². The molecule has 0 bridgehead atoms. The molecule has 2 aromatic carbocycles. The summed E-state index contributed by atoms with van der Waals surface area (Å²) in [4.78, 5) is 22.6. The SMILES string of the molecule is C#CCOc1c(Br)cc(/C=N/NC(=O)Cc2ccccc2[N+](=O)[O-])cc1OCC. The van der Waals surface area contributed by atoms with E-state index in [2.05, 4.69) is 32.4 Å². The van der Waals surface area contributed by atoms with Gasteiger partial charge in [0.25, 0.3) is 5.69 Å². The second-order valence-electron chi connectivity index (χ2n) is 5.61. The number of halogens is 1. The molecular weight excluding hydrogens is 442 g/mol. The Bertz CT molecular complexity index is 969. The third kappa shape index (κ3) is 6.33. The molecule has 1 amide bonds. The first-order chi connectivity index (χ1) is 14.0. The molecule has 0 atom stereocenters. The molecule has 0 unspecified atom stereocenters. The van der Waals surface area contributed by atoms with Crippen molar-refractivity contribution in [3.8, 4) is 23.8 Å². The van der Waals surface area contributed by atoms with E-state index >= 15 is 0 Å². The number of terminal acetylenes is 1. The maximum absolute atomic E-state index is 12.1. The van der Waals surface area contributed by atoms with Gasteiger partial charge in [-0.15, -0.1) is 6.42 Å². The number of amides is 1. The maximum atomic E-state index is 12.1. The molecule has 8 nitrogen and oxygen atoms in total. The lowest BCUT2D eigenvalue weighted by Gasteiger charge is -2.13. The Kier molecular flexibility index (Phi) is 8.18. The smallest absolute Gasteiger partial charge is 0.273 e. The topological polar surface area (TPSA) is 103 Å². The molecular formula is C20H18BrN3O5. The molecule has 0 aliphatic rings. The average Bonchev–Trinajstić information content (AvgIpc) is 2.68. The Balaban J connectivity index is 2.09. The van der Waals surface area contributed by atoms with Crippen LogP contribution in [0.5, 0.6) is 11.5 Å². The summed E-state index contributed by atoms with van der Waals surface area (Å²) in [5, 5.41) is 14.9. The minimum atomic E-state index is -0.525. The van der Waals surface area contributed by atoms with Crippen molar-refractivity contribution in [3.05, 3.63) is 62.1 Å². The van der Waals surface area contributed by atoms with E-state index in [-0.39, 0.29) is 18.7 Å². The zero-order valence-electron chi connectivity index (χ0n) is 15.6. The van der Waals surface area contributed by atoms with Crippen molar-refractivity contribution in [3.63, 3.8) is 0 Å². The van der Waals surface area contributed by atoms with Gasteiger partial charge in [0.15, 0.2) is 11.5 Å². The third-order valence-electron chi connectivity index (χ3n) is 3.57. The summed E-state index contributed by atoms with van der Waals surface area (Å²) in [5.41, 5.74) is 3.19. The molecule has 0 aromatic heterocycles. The Morgan fingerprint density at radius 3 is 2.83 bits per heavy atom. The van der Waals surface area contributed by atoms with E-state index < -0.39 is 10.8 Å². The molecule has 1 N–H and O–H groups in total. The van der Waals surface area contributed by atoms with Crippen LogP contribution in [0.15, 0.2) is 46.0 Å². The number of hydrazone groups is 1. The molecule has 0 fully saturated rings. The van der Waals surface area contributed by atoms with E-state index in [4.69, 9.17) is 15.9 Å². The van der Waals surface area contributed by atoms with E-state index in [1.165, 1.54) is 18.3 Å². The van der Waals surface area contributed by atoms with E-state index in [9.17, 15) is 14.9 Å². The Morgan fingerprint density at radius 2 is 2.14 bits per heavy atom. The van der Waals surface area contributed by atoms with Crippen LogP contribution in [0.3, 0.4) is 0 Å². The molecule has 150 valence electrons. The van der Waals surface area contributed by atoms with Gasteiger partial charge in [-0.1, -0.05) is 24.1 Å². The summed E-state index contributed by atoms with van der Waals surface area (Å²) >= 11 is 3.40. The van der Waals surface area contributed by atoms with Crippen LogP contribution in [0, 0.1) is 22.5 Å². The highest BCUT2D eigenvalue weighted by atomic mass is 79.9. The van der Waals surface area contributed by atoms with E-state index in [1.807, 2.05) is 6.92 Å². The minimum Gasteiger partial charge on any atom is -0.490 e. The predicted molar refractivity (Wildman–Crippen MR) is 112 cm³/mol. The van der Waals surface area contributed by atoms with E-state index in [0.29, 0.717) is 33.7 Å². The van der Waals surface area contributed by atoms with Gasteiger partial charge >= 0.3 is 0 Å². The summed E-state index contributed by atoms with van der Waals surface area (Å²) in [7, 11) is 0. The van der Waals surface area contributed by atoms with Crippen LogP contribution in [-0.2, 0) is 11.2 Å². The fourth-order valence-electron chi connectivity index (χ4n) is 2.41. The Morgan fingerprint density at radius 1 is 1.38 bits per heavy atom. The number of hydrogen-bond donors (Lipinski definition) is 1. The lowest BCUT2D eigenvalue weighted by molar-refractivity contribution is -0.385. The Hall–Kier alpha value is -3.38. The first-order valence-electron chi connectivity index (χ1n) is 8.53. The number of nitrogens with zero attached hydrogens (tertiary/aromatic N) is 2. The number of rotatable bonds is 9. The van der Waals surface area contributed by atoms with Crippen molar-refractivity contribution >= 4 is 33.7 Å². The molecule has 0 heterocycles. The number of hydrogen-bond acceptors (Lipinski definition) is 6. The highest BCUT2D eigenvalue weighted by Crippen LogP contribution is 2.36. The van der Waals surface area contributed by atoms with Gasteiger partial charge in [-0.25, -0.2) is 5.43 Å². The fourth-order valence-corrected chi connectivity index (χ4v) is 2.98. The number of nitrogens with one attached hydrogen (secondary N) is 1. The molecule has 0 aliphatic carbocycles. The maximum Gasteiger partial charge on any atom is 0.273 e. The summed E-state index contributed by atoms with van der Waals surface area (Å²) in [6.07, 6.45) is 6.49. The molecule has 0 saturated carbocycles. The fraction of sp³-hybridized carbons (Fsp3) is 0.200. The van der Waals surface area contributed by atoms with Crippen molar-refractivity contribution in [1.29, 1.82) is 0 Å². The van der Waals surface area contributed by atoms with Crippen molar-refractivity contribution < 1.29 is 19.2 Å². The molecule has 0 spiro atoms. The second kappa shape index (κ2) is 10.8. The van der Waals surface area contributed by atoms with Crippen LogP contribution in [-0.4, -0.2) is 30.3 Å². The third-order valence-corrected chi connectivity index (χ3v) is 4.16. The summed E-state index contributed by atoms with van der Waals surface area (Å²) in [6.45, 7) is 2.35. The van der Waals surface area contributed by atoms with Gasteiger partial charge in [-0.2, -0.15) is 5.10 Å². The lowest BCUT2D eigenvalue weighted by Crippen LogP contribution is -2.20. The van der Waals surface area contributed by atoms with Crippen LogP contribution < -0.4 is 14.9 Å². The highest BCUT2D eigenvalue weighted by molar-refractivity contribution is 9.10. The number of para-hydroxylation sites is 1. The van der Waals surface area contributed by atoms with Crippen LogP contribution in [0.4, 0.5) is 5.69 Å². The second-order valence-corrected chi connectivity index (χ2v) is 6.47. The normalized spacial score (nSPS) is 10.4. The minimum absolute atomic E-state index is 0.0911. The van der Waals surface area contributed by atoms with Crippen molar-refractivity contribution in [2.24, 2.45) is 5.10 Å². The monoisotopic (exact) mass is 459 g/mol. The van der Waals surface area contributed by atoms with Gasteiger partial charge in [0.05, 0.1) is 28.6 Å². The molecule has 0 radical (unpaired) electrons. The van der Waals surface area contributed by atoms with E-state index in [0.717, 1.165) is 0 Å². The summed E-state index contributed by atoms with van der Waals surface area (Å²) < 4.78 is 11.7.